The second-order valence-electron chi connectivity index (χ2n) is 4.12. The maximum absolute atomic E-state index is 13.6. The Kier molecular flexibility index (Phi) is 4.37. The Hall–Kier alpha value is -2.22. The van der Waals surface area contributed by atoms with Crippen LogP contribution in [0.5, 0.6) is 0 Å². The molecule has 8 heteroatoms. The van der Waals surface area contributed by atoms with Crippen LogP contribution in [0.1, 0.15) is 10.5 Å². The van der Waals surface area contributed by atoms with Gasteiger partial charge in [0.05, 0.1) is 5.69 Å². The van der Waals surface area contributed by atoms with E-state index in [1.165, 1.54) is 22.9 Å². The van der Waals surface area contributed by atoms with Crippen LogP contribution in [0.25, 0.3) is 0 Å². The van der Waals surface area contributed by atoms with Gasteiger partial charge in [0.2, 0.25) is 5.91 Å². The Morgan fingerprint density at radius 1 is 1.33 bits per heavy atom. The molecular formula is C13H9BrF2N2O3. The average Bonchev–Trinajstić information content (AvgIpc) is 2.82. The van der Waals surface area contributed by atoms with Crippen LogP contribution < -0.4 is 5.32 Å². The van der Waals surface area contributed by atoms with Crippen molar-refractivity contribution in [2.24, 2.45) is 0 Å². The molecule has 2 aromatic rings. The van der Waals surface area contributed by atoms with E-state index < -0.39 is 23.5 Å². The fourth-order valence-electron chi connectivity index (χ4n) is 1.74. The fourth-order valence-corrected chi connectivity index (χ4v) is 2.25. The summed E-state index contributed by atoms with van der Waals surface area (Å²) in [6, 6.07) is 4.46. The third-order valence-electron chi connectivity index (χ3n) is 2.63. The van der Waals surface area contributed by atoms with E-state index in [1.54, 1.807) is 0 Å². The zero-order valence-electron chi connectivity index (χ0n) is 10.4. The van der Waals surface area contributed by atoms with Crippen molar-refractivity contribution >= 4 is 33.5 Å². The Bertz CT molecular complexity index is 692. The molecule has 1 amide bonds. The minimum Gasteiger partial charge on any atom is -0.477 e. The van der Waals surface area contributed by atoms with E-state index in [4.69, 9.17) is 5.11 Å². The topological polar surface area (TPSA) is 71.3 Å². The van der Waals surface area contributed by atoms with Crippen molar-refractivity contribution in [3.05, 3.63) is 52.3 Å². The van der Waals surface area contributed by atoms with E-state index >= 15 is 0 Å². The fraction of sp³-hybridized carbons (Fsp3) is 0.0769. The zero-order chi connectivity index (χ0) is 15.6. The second-order valence-corrected chi connectivity index (χ2v) is 4.97. The summed E-state index contributed by atoms with van der Waals surface area (Å²) in [5, 5.41) is 11.2. The van der Waals surface area contributed by atoms with Gasteiger partial charge in [-0.1, -0.05) is 0 Å². The van der Waals surface area contributed by atoms with Gasteiger partial charge >= 0.3 is 5.97 Å². The number of nitrogens with one attached hydrogen (secondary N) is 1. The molecule has 1 heterocycles. The van der Waals surface area contributed by atoms with Gasteiger partial charge in [-0.05, 0) is 34.1 Å². The van der Waals surface area contributed by atoms with Crippen LogP contribution in [-0.4, -0.2) is 21.6 Å². The molecule has 21 heavy (non-hydrogen) atoms. The summed E-state index contributed by atoms with van der Waals surface area (Å²) >= 11 is 2.95. The number of aromatic nitrogens is 1. The zero-order valence-corrected chi connectivity index (χ0v) is 12.0. The van der Waals surface area contributed by atoms with Gasteiger partial charge in [0.1, 0.15) is 18.1 Å². The normalized spacial score (nSPS) is 10.4. The molecule has 0 aliphatic carbocycles. The van der Waals surface area contributed by atoms with Crippen LogP contribution in [0.15, 0.2) is 34.9 Å². The molecule has 2 rings (SSSR count). The van der Waals surface area contributed by atoms with Gasteiger partial charge in [-0.2, -0.15) is 0 Å². The highest BCUT2D eigenvalue weighted by Gasteiger charge is 2.15. The molecule has 0 radical (unpaired) electrons. The molecular weight excluding hydrogens is 350 g/mol. The SMILES string of the molecule is O=C(Cn1cccc1C(=O)O)Nc1c(F)cc(F)cc1Br. The lowest BCUT2D eigenvalue weighted by Crippen LogP contribution is -2.21. The quantitative estimate of drug-likeness (QED) is 0.882. The lowest BCUT2D eigenvalue weighted by atomic mass is 10.3. The highest BCUT2D eigenvalue weighted by Crippen LogP contribution is 2.26. The smallest absolute Gasteiger partial charge is 0.352 e. The largest absolute Gasteiger partial charge is 0.477 e. The number of carbonyl (C=O) groups excluding carboxylic acids is 1. The van der Waals surface area contributed by atoms with Crippen LogP contribution in [0.4, 0.5) is 14.5 Å². The number of carboxylic acid groups (broad SMARTS) is 1. The van der Waals surface area contributed by atoms with Crippen LogP contribution in [0.3, 0.4) is 0 Å². The molecule has 5 nitrogen and oxygen atoms in total. The van der Waals surface area contributed by atoms with Gasteiger partial charge in [-0.25, -0.2) is 13.6 Å². The summed E-state index contributed by atoms with van der Waals surface area (Å²) < 4.78 is 27.8. The van der Waals surface area contributed by atoms with Crippen LogP contribution in [-0.2, 0) is 11.3 Å². The summed E-state index contributed by atoms with van der Waals surface area (Å²) in [6.45, 7) is -0.308. The van der Waals surface area contributed by atoms with Crippen molar-refractivity contribution in [1.82, 2.24) is 4.57 Å². The van der Waals surface area contributed by atoms with Gasteiger partial charge in [0.25, 0.3) is 0 Å². The predicted octanol–water partition coefficient (Wildman–Crippen LogP) is 2.87. The highest BCUT2D eigenvalue weighted by atomic mass is 79.9. The first-order valence-electron chi connectivity index (χ1n) is 5.71. The first-order valence-corrected chi connectivity index (χ1v) is 6.50. The molecule has 0 atom stereocenters. The Labute approximate surface area is 126 Å². The minimum atomic E-state index is -1.18. The molecule has 0 unspecified atom stereocenters. The van der Waals surface area contributed by atoms with E-state index in [-0.39, 0.29) is 22.4 Å². The molecule has 0 fully saturated rings. The number of anilines is 1. The van der Waals surface area contributed by atoms with E-state index in [1.807, 2.05) is 0 Å². The lowest BCUT2D eigenvalue weighted by Gasteiger charge is -2.10. The van der Waals surface area contributed by atoms with E-state index in [0.717, 1.165) is 6.07 Å². The van der Waals surface area contributed by atoms with Crippen molar-refractivity contribution in [2.45, 2.75) is 6.54 Å². The Morgan fingerprint density at radius 2 is 2.05 bits per heavy atom. The van der Waals surface area contributed by atoms with Crippen molar-refractivity contribution in [3.8, 4) is 0 Å². The lowest BCUT2D eigenvalue weighted by molar-refractivity contribution is -0.116. The number of carboxylic acids is 1. The first kappa shape index (κ1) is 15.2. The molecule has 0 aliphatic rings. The van der Waals surface area contributed by atoms with E-state index in [9.17, 15) is 18.4 Å². The van der Waals surface area contributed by atoms with Crippen molar-refractivity contribution in [2.75, 3.05) is 5.32 Å². The van der Waals surface area contributed by atoms with Crippen LogP contribution in [0.2, 0.25) is 0 Å². The molecule has 0 spiro atoms. The molecule has 110 valence electrons. The Balaban J connectivity index is 2.16. The predicted molar refractivity (Wildman–Crippen MR) is 74.1 cm³/mol. The summed E-state index contributed by atoms with van der Waals surface area (Å²) in [7, 11) is 0. The molecule has 1 aromatic carbocycles. The van der Waals surface area contributed by atoms with Crippen molar-refractivity contribution in [3.63, 3.8) is 0 Å². The van der Waals surface area contributed by atoms with Gasteiger partial charge in [0, 0.05) is 16.7 Å². The molecule has 1 aromatic heterocycles. The highest BCUT2D eigenvalue weighted by molar-refractivity contribution is 9.10. The number of rotatable bonds is 4. The van der Waals surface area contributed by atoms with Crippen LogP contribution >= 0.6 is 15.9 Å². The summed E-state index contributed by atoms with van der Waals surface area (Å²) in [5.74, 6) is -3.53. The number of benzene rings is 1. The minimum absolute atomic E-state index is 0.0549. The maximum atomic E-state index is 13.6. The van der Waals surface area contributed by atoms with Crippen LogP contribution in [0, 0.1) is 11.6 Å². The molecule has 0 saturated heterocycles. The number of hydrogen-bond acceptors (Lipinski definition) is 2. The van der Waals surface area contributed by atoms with Gasteiger partial charge < -0.3 is 15.0 Å². The van der Waals surface area contributed by atoms with E-state index in [2.05, 4.69) is 21.2 Å². The maximum Gasteiger partial charge on any atom is 0.352 e. The number of amides is 1. The molecule has 0 bridgehead atoms. The number of hydrogen-bond donors (Lipinski definition) is 2. The third-order valence-corrected chi connectivity index (χ3v) is 3.26. The monoisotopic (exact) mass is 358 g/mol. The molecule has 0 aliphatic heterocycles. The standard InChI is InChI=1S/C13H9BrF2N2O3/c14-8-4-7(15)5-9(16)12(8)17-11(19)6-18-3-1-2-10(18)13(20)21/h1-5H,6H2,(H,17,19)(H,20,21). The van der Waals surface area contributed by atoms with Gasteiger partial charge in [0.15, 0.2) is 5.82 Å². The van der Waals surface area contributed by atoms with E-state index in [0.29, 0.717) is 6.07 Å². The van der Waals surface area contributed by atoms with Crippen molar-refractivity contribution in [1.29, 1.82) is 0 Å². The molecule has 0 saturated carbocycles. The Morgan fingerprint density at radius 3 is 2.67 bits per heavy atom. The number of halogens is 3. The third kappa shape index (κ3) is 3.46. The number of carbonyl (C=O) groups is 2. The number of nitrogens with zero attached hydrogens (tertiary/aromatic N) is 1. The van der Waals surface area contributed by atoms with Crippen molar-refractivity contribution < 1.29 is 23.5 Å². The summed E-state index contributed by atoms with van der Waals surface area (Å²) in [6.07, 6.45) is 1.42. The van der Waals surface area contributed by atoms with Gasteiger partial charge in [-0.3, -0.25) is 4.79 Å². The second kappa shape index (κ2) is 6.04. The van der Waals surface area contributed by atoms with Gasteiger partial charge in [-0.15, -0.1) is 0 Å². The molecule has 2 N–H and O–H groups in total. The summed E-state index contributed by atoms with van der Waals surface area (Å²) in [5.41, 5.74) is -0.269. The number of aromatic carboxylic acids is 1. The first-order chi connectivity index (χ1) is 9.88. The average molecular weight is 359 g/mol. The summed E-state index contributed by atoms with van der Waals surface area (Å²) in [4.78, 5) is 22.7.